The van der Waals surface area contributed by atoms with Gasteiger partial charge in [-0.05, 0) is 59.9 Å². The molecule has 2 amide bonds. The summed E-state index contributed by atoms with van der Waals surface area (Å²) in [6.07, 6.45) is 7.95. The number of nitrogens with zero attached hydrogens (tertiary/aromatic N) is 1. The minimum atomic E-state index is 0.00806. The predicted octanol–water partition coefficient (Wildman–Crippen LogP) is 7.07. The van der Waals surface area contributed by atoms with Crippen LogP contribution in [0.5, 0.6) is 0 Å². The van der Waals surface area contributed by atoms with Gasteiger partial charge in [0, 0.05) is 23.2 Å². The van der Waals surface area contributed by atoms with E-state index in [1.54, 1.807) is 11.8 Å². The Morgan fingerprint density at radius 3 is 2.17 bits per heavy atom. The molecular weight excluding hydrogens is 376 g/mol. The second-order valence-corrected chi connectivity index (χ2v) is 9.90. The predicted molar refractivity (Wildman–Crippen MR) is 125 cm³/mol. The molecule has 1 aliphatic carbocycles. The average molecular weight is 411 g/mol. The van der Waals surface area contributed by atoms with Gasteiger partial charge in [-0.1, -0.05) is 64.3 Å². The van der Waals surface area contributed by atoms with Crippen molar-refractivity contribution in [2.24, 2.45) is 0 Å². The fourth-order valence-electron chi connectivity index (χ4n) is 3.94. The number of carbonyl (C=O) groups excluding carboxylic acids is 1. The van der Waals surface area contributed by atoms with Gasteiger partial charge in [-0.25, -0.2) is 4.79 Å². The molecule has 0 bridgehead atoms. The molecule has 156 valence electrons. The number of hydrogen-bond acceptors (Lipinski definition) is 2. The van der Waals surface area contributed by atoms with E-state index in [-0.39, 0.29) is 11.4 Å². The zero-order chi connectivity index (χ0) is 20.9. The Balaban J connectivity index is 1.75. The van der Waals surface area contributed by atoms with E-state index in [1.807, 2.05) is 17.0 Å². The van der Waals surface area contributed by atoms with Crippen molar-refractivity contribution in [3.63, 3.8) is 0 Å². The summed E-state index contributed by atoms with van der Waals surface area (Å²) in [7, 11) is 0. The highest BCUT2D eigenvalue weighted by molar-refractivity contribution is 7.98. The van der Waals surface area contributed by atoms with Crippen molar-refractivity contribution < 1.29 is 4.79 Å². The zero-order valence-corrected chi connectivity index (χ0v) is 19.0. The summed E-state index contributed by atoms with van der Waals surface area (Å²) in [5.74, 6) is 0. The summed E-state index contributed by atoms with van der Waals surface area (Å²) < 4.78 is 0. The van der Waals surface area contributed by atoms with E-state index in [0.717, 1.165) is 18.5 Å². The fraction of sp³-hybridized carbons (Fsp3) is 0.480. The van der Waals surface area contributed by atoms with Crippen molar-refractivity contribution in [3.8, 4) is 0 Å². The van der Waals surface area contributed by atoms with Gasteiger partial charge in [-0.15, -0.1) is 11.8 Å². The maximum absolute atomic E-state index is 13.2. The maximum Gasteiger partial charge on any atom is 0.322 e. The third-order valence-corrected chi connectivity index (χ3v) is 6.53. The van der Waals surface area contributed by atoms with Crippen LogP contribution in [-0.4, -0.2) is 23.2 Å². The molecule has 0 radical (unpaired) electrons. The van der Waals surface area contributed by atoms with Crippen LogP contribution in [0.15, 0.2) is 53.4 Å². The lowest BCUT2D eigenvalue weighted by Crippen LogP contribution is -2.43. The molecule has 0 aliphatic heterocycles. The third kappa shape index (κ3) is 6.02. The summed E-state index contributed by atoms with van der Waals surface area (Å²) in [4.78, 5) is 16.5. The molecule has 0 saturated heterocycles. The van der Waals surface area contributed by atoms with Crippen molar-refractivity contribution in [1.29, 1.82) is 0 Å². The number of carbonyl (C=O) groups is 1. The first-order valence-corrected chi connectivity index (χ1v) is 11.9. The molecule has 2 aromatic rings. The Hall–Kier alpha value is -1.94. The van der Waals surface area contributed by atoms with Crippen LogP contribution in [0.2, 0.25) is 0 Å². The SMILES string of the molecule is CSc1ccc(NC(=O)N(Cc2ccc(C(C)(C)C)cc2)C2CCCCC2)cc1. The van der Waals surface area contributed by atoms with Gasteiger partial charge in [0.1, 0.15) is 0 Å². The van der Waals surface area contributed by atoms with E-state index in [9.17, 15) is 4.79 Å². The summed E-state index contributed by atoms with van der Waals surface area (Å²) in [5, 5.41) is 3.12. The molecule has 1 fully saturated rings. The molecule has 29 heavy (non-hydrogen) atoms. The van der Waals surface area contributed by atoms with E-state index < -0.39 is 0 Å². The monoisotopic (exact) mass is 410 g/mol. The van der Waals surface area contributed by atoms with Crippen LogP contribution < -0.4 is 5.32 Å². The Morgan fingerprint density at radius 2 is 1.62 bits per heavy atom. The van der Waals surface area contributed by atoms with Gasteiger partial charge in [0.2, 0.25) is 0 Å². The maximum atomic E-state index is 13.2. The fourth-order valence-corrected chi connectivity index (χ4v) is 4.34. The second kappa shape index (κ2) is 9.71. The number of hydrogen-bond donors (Lipinski definition) is 1. The highest BCUT2D eigenvalue weighted by Crippen LogP contribution is 2.27. The summed E-state index contributed by atoms with van der Waals surface area (Å²) >= 11 is 1.71. The van der Waals surface area contributed by atoms with Gasteiger partial charge in [0.15, 0.2) is 0 Å². The van der Waals surface area contributed by atoms with Crippen molar-refractivity contribution >= 4 is 23.5 Å². The largest absolute Gasteiger partial charge is 0.322 e. The lowest BCUT2D eigenvalue weighted by Gasteiger charge is -2.34. The average Bonchev–Trinajstić information content (AvgIpc) is 2.73. The van der Waals surface area contributed by atoms with Gasteiger partial charge in [-0.3, -0.25) is 0 Å². The molecule has 0 heterocycles. The molecule has 0 spiro atoms. The normalized spacial score (nSPS) is 15.2. The number of urea groups is 1. The lowest BCUT2D eigenvalue weighted by molar-refractivity contribution is 0.163. The van der Waals surface area contributed by atoms with E-state index in [4.69, 9.17) is 0 Å². The second-order valence-electron chi connectivity index (χ2n) is 9.03. The van der Waals surface area contributed by atoms with E-state index in [0.29, 0.717) is 12.6 Å². The standard InChI is InChI=1S/C25H34N2OS/c1-25(2,3)20-12-10-19(11-13-20)18-27(22-8-6-5-7-9-22)24(28)26-21-14-16-23(29-4)17-15-21/h10-17,22H,5-9,18H2,1-4H3,(H,26,28). The Labute approximate surface area is 180 Å². The molecule has 1 N–H and O–H groups in total. The Kier molecular flexibility index (Phi) is 7.28. The molecule has 0 unspecified atom stereocenters. The smallest absolute Gasteiger partial charge is 0.317 e. The van der Waals surface area contributed by atoms with Crippen LogP contribution in [0.1, 0.15) is 64.0 Å². The molecular formula is C25H34N2OS. The molecule has 4 heteroatoms. The van der Waals surface area contributed by atoms with Crippen LogP contribution in [-0.2, 0) is 12.0 Å². The van der Waals surface area contributed by atoms with E-state index in [1.165, 1.54) is 35.3 Å². The summed E-state index contributed by atoms with van der Waals surface area (Å²) in [6.45, 7) is 7.34. The first-order chi connectivity index (χ1) is 13.9. The van der Waals surface area contributed by atoms with Crippen molar-refractivity contribution in [2.75, 3.05) is 11.6 Å². The molecule has 3 nitrogen and oxygen atoms in total. The number of rotatable bonds is 5. The van der Waals surface area contributed by atoms with Crippen LogP contribution in [0, 0.1) is 0 Å². The van der Waals surface area contributed by atoms with Crippen molar-refractivity contribution in [2.45, 2.75) is 75.8 Å². The number of thioether (sulfide) groups is 1. The van der Waals surface area contributed by atoms with Crippen molar-refractivity contribution in [3.05, 3.63) is 59.7 Å². The van der Waals surface area contributed by atoms with Crippen LogP contribution in [0.25, 0.3) is 0 Å². The van der Waals surface area contributed by atoms with Crippen LogP contribution in [0.4, 0.5) is 10.5 Å². The quantitative estimate of drug-likeness (QED) is 0.534. The van der Waals surface area contributed by atoms with Crippen LogP contribution in [0.3, 0.4) is 0 Å². The van der Waals surface area contributed by atoms with E-state index in [2.05, 4.69) is 68.7 Å². The third-order valence-electron chi connectivity index (χ3n) is 5.79. The molecule has 2 aromatic carbocycles. The van der Waals surface area contributed by atoms with Gasteiger partial charge in [0.05, 0.1) is 0 Å². The first-order valence-electron chi connectivity index (χ1n) is 10.7. The van der Waals surface area contributed by atoms with Gasteiger partial charge >= 0.3 is 6.03 Å². The van der Waals surface area contributed by atoms with Crippen molar-refractivity contribution in [1.82, 2.24) is 4.90 Å². The highest BCUT2D eigenvalue weighted by Gasteiger charge is 2.26. The summed E-state index contributed by atoms with van der Waals surface area (Å²) in [6, 6.07) is 17.2. The highest BCUT2D eigenvalue weighted by atomic mass is 32.2. The number of anilines is 1. The molecule has 1 aliphatic rings. The molecule has 1 saturated carbocycles. The van der Waals surface area contributed by atoms with Gasteiger partial charge in [-0.2, -0.15) is 0 Å². The zero-order valence-electron chi connectivity index (χ0n) is 18.2. The minimum absolute atomic E-state index is 0.00806. The number of amides is 2. The van der Waals surface area contributed by atoms with Gasteiger partial charge in [0.25, 0.3) is 0 Å². The van der Waals surface area contributed by atoms with Crippen LogP contribution >= 0.6 is 11.8 Å². The number of benzene rings is 2. The minimum Gasteiger partial charge on any atom is -0.317 e. The Morgan fingerprint density at radius 1 is 1.00 bits per heavy atom. The lowest BCUT2D eigenvalue weighted by atomic mass is 9.86. The number of nitrogens with one attached hydrogen (secondary N) is 1. The Bertz CT molecular complexity index is 787. The summed E-state index contributed by atoms with van der Waals surface area (Å²) in [5.41, 5.74) is 3.51. The van der Waals surface area contributed by atoms with Gasteiger partial charge < -0.3 is 10.2 Å². The topological polar surface area (TPSA) is 32.3 Å². The first kappa shape index (κ1) is 21.8. The van der Waals surface area contributed by atoms with E-state index >= 15 is 0 Å². The molecule has 3 rings (SSSR count). The molecule has 0 aromatic heterocycles. The molecule has 0 atom stereocenters.